The molecular formula is C4H9NSe3. The average molecular weight is 308 g/mol. The first-order valence-corrected chi connectivity index (χ1v) is 13.7. The fraction of sp³-hybridized carbons (Fsp3) is 1.00. The molecule has 0 atom stereocenters. The predicted molar refractivity (Wildman–Crippen MR) is 39.7 cm³/mol. The van der Waals surface area contributed by atoms with E-state index < -0.39 is 0 Å². The summed E-state index contributed by atoms with van der Waals surface area (Å²) in [7, 11) is 0. The van der Waals surface area contributed by atoms with Crippen LogP contribution in [0.2, 0.25) is 10.6 Å². The SMILES string of the molecule is C1C[Se][Se][Se]CCN1. The molecule has 1 aliphatic rings. The average Bonchev–Trinajstić information content (AvgIpc) is 1.62. The van der Waals surface area contributed by atoms with Crippen molar-refractivity contribution in [1.29, 1.82) is 0 Å². The molecule has 0 aromatic heterocycles. The van der Waals surface area contributed by atoms with E-state index in [1.165, 1.54) is 23.7 Å². The van der Waals surface area contributed by atoms with Gasteiger partial charge in [0, 0.05) is 0 Å². The molecule has 0 spiro atoms. The normalized spacial score (nSPS) is 24.0. The van der Waals surface area contributed by atoms with Crippen LogP contribution in [-0.2, 0) is 0 Å². The summed E-state index contributed by atoms with van der Waals surface area (Å²) >= 11 is 3.23. The molecule has 0 unspecified atom stereocenters. The molecule has 1 N–H and O–H groups in total. The van der Waals surface area contributed by atoms with Gasteiger partial charge in [-0.05, 0) is 0 Å². The first kappa shape index (κ1) is 7.62. The van der Waals surface area contributed by atoms with Crippen molar-refractivity contribution < 1.29 is 0 Å². The Morgan fingerprint density at radius 1 is 1.00 bits per heavy atom. The molecule has 1 fully saturated rings. The molecule has 0 amide bonds. The first-order valence-electron chi connectivity index (χ1n) is 2.62. The molecule has 1 heterocycles. The molecule has 1 aliphatic heterocycles. The Hall–Kier alpha value is 1.52. The van der Waals surface area contributed by atoms with Crippen molar-refractivity contribution in [3.05, 3.63) is 0 Å². The van der Waals surface area contributed by atoms with Gasteiger partial charge in [0.2, 0.25) is 0 Å². The molecule has 48 valence electrons. The fourth-order valence-electron chi connectivity index (χ4n) is 0.455. The van der Waals surface area contributed by atoms with E-state index in [-0.39, 0.29) is 0 Å². The topological polar surface area (TPSA) is 12.0 Å². The maximum absolute atomic E-state index is 3.43. The summed E-state index contributed by atoms with van der Waals surface area (Å²) in [4.78, 5) is 0. The predicted octanol–water partition coefficient (Wildman–Crippen LogP) is -0.631. The summed E-state index contributed by atoms with van der Waals surface area (Å²) in [5.74, 6) is 0. The molecular weight excluding hydrogens is 299 g/mol. The molecule has 0 radical (unpaired) electrons. The van der Waals surface area contributed by atoms with E-state index in [0.717, 1.165) is 37.6 Å². The molecule has 0 aliphatic carbocycles. The summed E-state index contributed by atoms with van der Waals surface area (Å²) in [6.07, 6.45) is 0. The van der Waals surface area contributed by atoms with Gasteiger partial charge in [0.15, 0.2) is 0 Å². The van der Waals surface area contributed by atoms with Crippen LogP contribution in [0, 0.1) is 0 Å². The molecule has 0 bridgehead atoms. The summed E-state index contributed by atoms with van der Waals surface area (Å²) in [6, 6.07) is 0. The van der Waals surface area contributed by atoms with Gasteiger partial charge >= 0.3 is 66.6 Å². The van der Waals surface area contributed by atoms with Crippen LogP contribution in [-0.4, -0.2) is 50.7 Å². The Labute approximate surface area is 66.3 Å². The van der Waals surface area contributed by atoms with E-state index >= 15 is 0 Å². The first-order chi connectivity index (χ1) is 4.00. The molecule has 8 heavy (non-hydrogen) atoms. The van der Waals surface area contributed by atoms with E-state index in [0.29, 0.717) is 0 Å². The van der Waals surface area contributed by atoms with E-state index in [4.69, 9.17) is 0 Å². The molecule has 1 nitrogen and oxygen atoms in total. The van der Waals surface area contributed by atoms with Gasteiger partial charge in [0.25, 0.3) is 0 Å². The van der Waals surface area contributed by atoms with E-state index in [2.05, 4.69) is 5.32 Å². The second-order valence-electron chi connectivity index (χ2n) is 1.46. The third-order valence-corrected chi connectivity index (χ3v) is 19.4. The van der Waals surface area contributed by atoms with Crippen LogP contribution < -0.4 is 5.32 Å². The monoisotopic (exact) mass is 311 g/mol. The van der Waals surface area contributed by atoms with Crippen LogP contribution in [0.25, 0.3) is 0 Å². The third kappa shape index (κ3) is 3.53. The van der Waals surface area contributed by atoms with Gasteiger partial charge in [-0.2, -0.15) is 0 Å². The van der Waals surface area contributed by atoms with Crippen molar-refractivity contribution in [2.45, 2.75) is 10.6 Å². The molecule has 1 saturated heterocycles. The van der Waals surface area contributed by atoms with Crippen molar-refractivity contribution in [3.63, 3.8) is 0 Å². The van der Waals surface area contributed by atoms with Gasteiger partial charge < -0.3 is 0 Å². The van der Waals surface area contributed by atoms with Crippen molar-refractivity contribution in [2.75, 3.05) is 13.1 Å². The minimum atomic E-state index is 1.06. The summed E-state index contributed by atoms with van der Waals surface area (Å²) in [5, 5.41) is 6.42. The van der Waals surface area contributed by atoms with E-state index in [1.807, 2.05) is 0 Å². The second-order valence-corrected chi connectivity index (χ2v) is 18.8. The second kappa shape index (κ2) is 5.31. The van der Waals surface area contributed by atoms with Gasteiger partial charge in [-0.1, -0.05) is 0 Å². The summed E-state index contributed by atoms with van der Waals surface area (Å²) in [6.45, 7) is 2.61. The Morgan fingerprint density at radius 2 is 1.62 bits per heavy atom. The van der Waals surface area contributed by atoms with Gasteiger partial charge in [-0.15, -0.1) is 0 Å². The third-order valence-electron chi connectivity index (χ3n) is 0.821. The van der Waals surface area contributed by atoms with Gasteiger partial charge in [-0.25, -0.2) is 0 Å². The zero-order chi connectivity index (χ0) is 5.66. The zero-order valence-corrected chi connectivity index (χ0v) is 9.69. The number of hydrogen-bond acceptors (Lipinski definition) is 1. The maximum atomic E-state index is 3.43. The van der Waals surface area contributed by atoms with E-state index in [9.17, 15) is 0 Å². The quantitative estimate of drug-likeness (QED) is 0.588. The minimum absolute atomic E-state index is 1.06. The number of nitrogens with one attached hydrogen (secondary N) is 1. The fourth-order valence-corrected chi connectivity index (χ4v) is 17.4. The van der Waals surface area contributed by atoms with Crippen molar-refractivity contribution >= 4 is 37.6 Å². The van der Waals surface area contributed by atoms with Gasteiger partial charge in [0.1, 0.15) is 0 Å². The van der Waals surface area contributed by atoms with Crippen molar-refractivity contribution in [2.24, 2.45) is 0 Å². The standard InChI is InChI=1S/C4H9NSe3/c1-3-6-8-7-4-2-5-1/h5H,1-4H2. The molecule has 1 rings (SSSR count). The molecule has 0 aromatic carbocycles. The van der Waals surface area contributed by atoms with Gasteiger partial charge in [0.05, 0.1) is 0 Å². The van der Waals surface area contributed by atoms with Crippen LogP contribution >= 0.6 is 0 Å². The van der Waals surface area contributed by atoms with Crippen LogP contribution in [0.3, 0.4) is 0 Å². The Bertz CT molecular complexity index is 35.2. The Balaban J connectivity index is 2.00. The molecule has 0 aromatic rings. The molecule has 0 saturated carbocycles. The van der Waals surface area contributed by atoms with Crippen LogP contribution in [0.4, 0.5) is 0 Å². The van der Waals surface area contributed by atoms with Crippen molar-refractivity contribution in [1.82, 2.24) is 5.32 Å². The molecule has 4 heteroatoms. The van der Waals surface area contributed by atoms with Crippen LogP contribution in [0.15, 0.2) is 0 Å². The Morgan fingerprint density at radius 3 is 2.25 bits per heavy atom. The zero-order valence-electron chi connectivity index (χ0n) is 4.55. The number of hydrogen-bond donors (Lipinski definition) is 1. The summed E-state index contributed by atoms with van der Waals surface area (Å²) < 4.78 is 0. The van der Waals surface area contributed by atoms with E-state index in [1.54, 1.807) is 0 Å². The summed E-state index contributed by atoms with van der Waals surface area (Å²) in [5.41, 5.74) is 0. The number of rotatable bonds is 0. The van der Waals surface area contributed by atoms with Crippen LogP contribution in [0.1, 0.15) is 0 Å². The van der Waals surface area contributed by atoms with Crippen LogP contribution in [0.5, 0.6) is 0 Å². The Kier molecular flexibility index (Phi) is 5.06. The van der Waals surface area contributed by atoms with Gasteiger partial charge in [-0.3, -0.25) is 0 Å². The van der Waals surface area contributed by atoms with Crippen molar-refractivity contribution in [3.8, 4) is 0 Å².